The van der Waals surface area contributed by atoms with Crippen LogP contribution in [0.15, 0.2) is 36.4 Å². The number of hydrogen-bond donors (Lipinski definition) is 0. The van der Waals surface area contributed by atoms with E-state index in [2.05, 4.69) is 15.9 Å². The van der Waals surface area contributed by atoms with Gasteiger partial charge in [0.1, 0.15) is 5.82 Å². The normalized spacial score (nSPS) is 12.3. The van der Waals surface area contributed by atoms with Crippen molar-refractivity contribution < 1.29 is 13.5 Å². The maximum atomic E-state index is 13.7. The van der Waals surface area contributed by atoms with Crippen LogP contribution in [0.4, 0.5) is 8.78 Å². The van der Waals surface area contributed by atoms with Crippen LogP contribution in [-0.4, -0.2) is 7.11 Å². The number of ether oxygens (including phenoxy) is 1. The van der Waals surface area contributed by atoms with Gasteiger partial charge in [-0.2, -0.15) is 0 Å². The molecule has 19 heavy (non-hydrogen) atoms. The molecule has 0 saturated heterocycles. The van der Waals surface area contributed by atoms with Crippen LogP contribution < -0.4 is 4.74 Å². The lowest BCUT2D eigenvalue weighted by Gasteiger charge is -2.13. The smallest absolute Gasteiger partial charge is 0.165 e. The van der Waals surface area contributed by atoms with Crippen molar-refractivity contribution >= 4 is 27.5 Å². The first-order valence-corrected chi connectivity index (χ1v) is 6.74. The molecule has 2 aromatic rings. The van der Waals surface area contributed by atoms with Crippen molar-refractivity contribution in [3.63, 3.8) is 0 Å². The Morgan fingerprint density at radius 1 is 1.11 bits per heavy atom. The van der Waals surface area contributed by atoms with Gasteiger partial charge in [-0.3, -0.25) is 0 Å². The van der Waals surface area contributed by atoms with E-state index in [0.29, 0.717) is 16.1 Å². The molecule has 0 saturated carbocycles. The van der Waals surface area contributed by atoms with Crippen LogP contribution in [0.2, 0.25) is 5.02 Å². The second-order valence-corrected chi connectivity index (χ2v) is 5.27. The van der Waals surface area contributed by atoms with Gasteiger partial charge < -0.3 is 4.74 Å². The Kier molecular flexibility index (Phi) is 4.42. The van der Waals surface area contributed by atoms with Crippen LogP contribution in [0.25, 0.3) is 0 Å². The molecular weight excluding hydrogens is 338 g/mol. The predicted octanol–water partition coefficient (Wildman–Crippen LogP) is 5.11. The topological polar surface area (TPSA) is 9.23 Å². The first-order chi connectivity index (χ1) is 9.02. The first-order valence-electron chi connectivity index (χ1n) is 5.45. The van der Waals surface area contributed by atoms with Gasteiger partial charge in [-0.05, 0) is 35.9 Å². The summed E-state index contributed by atoms with van der Waals surface area (Å²) in [7, 11) is 1.39. The highest BCUT2D eigenvalue weighted by Gasteiger charge is 2.17. The molecule has 5 heteroatoms. The molecule has 0 aromatic heterocycles. The molecule has 0 N–H and O–H groups in total. The summed E-state index contributed by atoms with van der Waals surface area (Å²) in [5, 5.41) is 0.426. The van der Waals surface area contributed by atoms with E-state index in [9.17, 15) is 8.78 Å². The Hall–Kier alpha value is -1.13. The zero-order valence-electron chi connectivity index (χ0n) is 9.96. The van der Waals surface area contributed by atoms with E-state index in [1.165, 1.54) is 37.4 Å². The van der Waals surface area contributed by atoms with Crippen LogP contribution in [-0.2, 0) is 0 Å². The average Bonchev–Trinajstić information content (AvgIpc) is 2.40. The fourth-order valence-corrected chi connectivity index (χ4v) is 2.54. The zero-order chi connectivity index (χ0) is 14.0. The molecule has 0 aliphatic carbocycles. The summed E-state index contributed by atoms with van der Waals surface area (Å²) in [6.45, 7) is 0. The van der Waals surface area contributed by atoms with Gasteiger partial charge in [-0.1, -0.05) is 33.6 Å². The molecule has 0 amide bonds. The minimum Gasteiger partial charge on any atom is -0.494 e. The van der Waals surface area contributed by atoms with E-state index in [0.717, 1.165) is 0 Å². The average molecular weight is 348 g/mol. The lowest BCUT2D eigenvalue weighted by atomic mass is 10.0. The number of rotatable bonds is 3. The summed E-state index contributed by atoms with van der Waals surface area (Å²) in [5.74, 6) is -0.746. The van der Waals surface area contributed by atoms with Gasteiger partial charge in [0.05, 0.1) is 11.9 Å². The largest absolute Gasteiger partial charge is 0.494 e. The molecule has 0 radical (unpaired) electrons. The molecule has 100 valence electrons. The van der Waals surface area contributed by atoms with Crippen LogP contribution in [0.3, 0.4) is 0 Å². The Balaban J connectivity index is 2.41. The minimum absolute atomic E-state index is 0.148. The molecule has 1 atom stereocenters. The van der Waals surface area contributed by atoms with Crippen molar-refractivity contribution in [1.82, 2.24) is 0 Å². The van der Waals surface area contributed by atoms with Gasteiger partial charge >= 0.3 is 0 Å². The Morgan fingerprint density at radius 2 is 1.84 bits per heavy atom. The molecule has 2 rings (SSSR count). The van der Waals surface area contributed by atoms with Crippen LogP contribution in [0.1, 0.15) is 16.0 Å². The molecule has 0 aliphatic heterocycles. The third-order valence-electron chi connectivity index (χ3n) is 2.70. The van der Waals surface area contributed by atoms with Crippen molar-refractivity contribution in [3.05, 3.63) is 64.2 Å². The van der Waals surface area contributed by atoms with E-state index < -0.39 is 16.5 Å². The first kappa shape index (κ1) is 14.3. The maximum absolute atomic E-state index is 13.7. The predicted molar refractivity (Wildman–Crippen MR) is 75.1 cm³/mol. The molecule has 0 spiro atoms. The van der Waals surface area contributed by atoms with Gasteiger partial charge in [0, 0.05) is 10.6 Å². The highest BCUT2D eigenvalue weighted by Crippen LogP contribution is 2.35. The number of hydrogen-bond acceptors (Lipinski definition) is 1. The summed E-state index contributed by atoms with van der Waals surface area (Å²) < 4.78 is 32.2. The quantitative estimate of drug-likeness (QED) is 0.701. The third-order valence-corrected chi connectivity index (χ3v) is 3.96. The number of alkyl halides is 1. The number of halogens is 4. The van der Waals surface area contributed by atoms with Crippen molar-refractivity contribution in [2.45, 2.75) is 4.83 Å². The van der Waals surface area contributed by atoms with Crippen molar-refractivity contribution in [3.8, 4) is 5.75 Å². The summed E-state index contributed by atoms with van der Waals surface area (Å²) in [4.78, 5) is -0.480. The molecular formula is C14H10BrClF2O. The van der Waals surface area contributed by atoms with E-state index in [4.69, 9.17) is 16.3 Å². The second kappa shape index (κ2) is 5.88. The van der Waals surface area contributed by atoms with Gasteiger partial charge in [0.25, 0.3) is 0 Å². The Labute approximate surface area is 123 Å². The number of benzene rings is 2. The molecule has 1 nitrogen and oxygen atoms in total. The Bertz CT molecular complexity index is 604. The molecule has 0 fully saturated rings. The van der Waals surface area contributed by atoms with Gasteiger partial charge in [0.15, 0.2) is 11.6 Å². The van der Waals surface area contributed by atoms with Crippen molar-refractivity contribution in [2.75, 3.05) is 7.11 Å². The van der Waals surface area contributed by atoms with Crippen molar-refractivity contribution in [2.24, 2.45) is 0 Å². The highest BCUT2D eigenvalue weighted by atomic mass is 79.9. The standard InChI is InChI=1S/C14H10BrClF2O/c1-19-13-5-2-8(6-12(13)18)14(15)10-7-9(16)3-4-11(10)17/h2-7,14H,1H3. The van der Waals surface area contributed by atoms with E-state index >= 15 is 0 Å². The van der Waals surface area contributed by atoms with E-state index in [1.807, 2.05) is 0 Å². The van der Waals surface area contributed by atoms with Crippen LogP contribution in [0.5, 0.6) is 5.75 Å². The summed E-state index contributed by atoms with van der Waals surface area (Å²) in [5.41, 5.74) is 0.941. The fourth-order valence-electron chi connectivity index (χ4n) is 1.73. The lowest BCUT2D eigenvalue weighted by molar-refractivity contribution is 0.386. The fraction of sp³-hybridized carbons (Fsp3) is 0.143. The van der Waals surface area contributed by atoms with Gasteiger partial charge in [-0.15, -0.1) is 0 Å². The second-order valence-electron chi connectivity index (χ2n) is 3.92. The summed E-state index contributed by atoms with van der Waals surface area (Å²) >= 11 is 9.20. The van der Waals surface area contributed by atoms with Gasteiger partial charge in [-0.25, -0.2) is 8.78 Å². The van der Waals surface area contributed by atoms with E-state index in [-0.39, 0.29) is 5.75 Å². The third kappa shape index (κ3) is 3.07. The lowest BCUT2D eigenvalue weighted by Crippen LogP contribution is -1.98. The van der Waals surface area contributed by atoms with E-state index in [1.54, 1.807) is 6.07 Å². The Morgan fingerprint density at radius 3 is 2.47 bits per heavy atom. The maximum Gasteiger partial charge on any atom is 0.165 e. The molecule has 1 unspecified atom stereocenters. The summed E-state index contributed by atoms with van der Waals surface area (Å²) in [6, 6.07) is 8.74. The molecule has 0 heterocycles. The minimum atomic E-state index is -0.494. The highest BCUT2D eigenvalue weighted by molar-refractivity contribution is 9.09. The molecule has 0 bridgehead atoms. The SMILES string of the molecule is COc1ccc(C(Br)c2cc(Cl)ccc2F)cc1F. The molecule has 2 aromatic carbocycles. The molecule has 0 aliphatic rings. The van der Waals surface area contributed by atoms with Crippen LogP contribution in [0, 0.1) is 11.6 Å². The monoisotopic (exact) mass is 346 g/mol. The van der Waals surface area contributed by atoms with Crippen LogP contribution >= 0.6 is 27.5 Å². The van der Waals surface area contributed by atoms with Crippen molar-refractivity contribution in [1.29, 1.82) is 0 Å². The number of methoxy groups -OCH3 is 1. The summed E-state index contributed by atoms with van der Waals surface area (Å²) in [6.07, 6.45) is 0. The van der Waals surface area contributed by atoms with Gasteiger partial charge in [0.2, 0.25) is 0 Å². The zero-order valence-corrected chi connectivity index (χ0v) is 12.3.